The van der Waals surface area contributed by atoms with Gasteiger partial charge in [-0.1, -0.05) is 32.3 Å². The van der Waals surface area contributed by atoms with Gasteiger partial charge in [-0.05, 0) is 25.3 Å². The van der Waals surface area contributed by atoms with Crippen LogP contribution in [0.2, 0.25) is 0 Å². The molecule has 1 heterocycles. The van der Waals surface area contributed by atoms with Gasteiger partial charge in [-0.15, -0.1) is 0 Å². The molecule has 0 unspecified atom stereocenters. The van der Waals surface area contributed by atoms with Crippen LogP contribution in [0.25, 0.3) is 0 Å². The lowest BCUT2D eigenvalue weighted by Crippen LogP contribution is -2.41. The molecule has 0 spiro atoms. The molecule has 1 aliphatic carbocycles. The molecule has 0 saturated heterocycles. The molecule has 5 nitrogen and oxygen atoms in total. The summed E-state index contributed by atoms with van der Waals surface area (Å²) >= 11 is 0. The van der Waals surface area contributed by atoms with Gasteiger partial charge >= 0.3 is 0 Å². The van der Waals surface area contributed by atoms with Crippen molar-refractivity contribution in [2.24, 2.45) is 10.7 Å². The molecular formula is C16H26N4O. The van der Waals surface area contributed by atoms with Gasteiger partial charge in [0.1, 0.15) is 0 Å². The Balaban J connectivity index is 1.89. The first-order chi connectivity index (χ1) is 10.3. The second kappa shape index (κ2) is 8.49. The maximum Gasteiger partial charge on any atom is 0.218 e. The molecule has 1 aromatic heterocycles. The number of nitrogens with zero attached hydrogens (tertiary/aromatic N) is 2. The number of nitrogens with one attached hydrogen (secondary N) is 1. The normalized spacial score (nSPS) is 16.7. The van der Waals surface area contributed by atoms with E-state index in [1.807, 2.05) is 12.1 Å². The fourth-order valence-corrected chi connectivity index (χ4v) is 2.55. The average Bonchev–Trinajstić information content (AvgIpc) is 2.52. The van der Waals surface area contributed by atoms with Gasteiger partial charge in [0.25, 0.3) is 0 Å². The number of rotatable bonds is 6. The summed E-state index contributed by atoms with van der Waals surface area (Å²) in [4.78, 5) is 8.68. The lowest BCUT2D eigenvalue weighted by Gasteiger charge is -2.23. The zero-order valence-corrected chi connectivity index (χ0v) is 12.8. The zero-order chi connectivity index (χ0) is 14.9. The summed E-state index contributed by atoms with van der Waals surface area (Å²) in [6, 6.07) is 4.36. The number of pyridine rings is 1. The number of aromatic nitrogens is 1. The van der Waals surface area contributed by atoms with E-state index in [1.54, 1.807) is 6.20 Å². The molecule has 1 saturated carbocycles. The molecule has 1 aliphatic rings. The fraction of sp³-hybridized carbons (Fsp3) is 0.625. The van der Waals surface area contributed by atoms with E-state index >= 15 is 0 Å². The highest BCUT2D eigenvalue weighted by atomic mass is 16.5. The second-order valence-electron chi connectivity index (χ2n) is 5.50. The number of ether oxygens (including phenoxy) is 1. The number of guanidine groups is 1. The molecule has 1 aromatic rings. The highest BCUT2D eigenvalue weighted by Gasteiger charge is 2.13. The number of hydrogen-bond donors (Lipinski definition) is 2. The topological polar surface area (TPSA) is 72.5 Å². The van der Waals surface area contributed by atoms with Crippen LogP contribution in [-0.4, -0.2) is 23.6 Å². The molecule has 116 valence electrons. The third-order valence-electron chi connectivity index (χ3n) is 3.67. The van der Waals surface area contributed by atoms with Gasteiger partial charge in [-0.25, -0.2) is 9.98 Å². The third-order valence-corrected chi connectivity index (χ3v) is 3.67. The smallest absolute Gasteiger partial charge is 0.218 e. The lowest BCUT2D eigenvalue weighted by atomic mass is 9.96. The monoisotopic (exact) mass is 290 g/mol. The third kappa shape index (κ3) is 5.25. The molecule has 0 amide bonds. The molecule has 0 radical (unpaired) electrons. The molecule has 21 heavy (non-hydrogen) atoms. The van der Waals surface area contributed by atoms with E-state index in [-0.39, 0.29) is 0 Å². The predicted octanol–water partition coefficient (Wildman–Crippen LogP) is 2.61. The maximum atomic E-state index is 5.98. The van der Waals surface area contributed by atoms with Crippen LogP contribution >= 0.6 is 0 Å². The van der Waals surface area contributed by atoms with Crippen molar-refractivity contribution in [1.29, 1.82) is 0 Å². The van der Waals surface area contributed by atoms with Crippen molar-refractivity contribution in [1.82, 2.24) is 10.3 Å². The molecule has 0 bridgehead atoms. The Morgan fingerprint density at radius 1 is 1.43 bits per heavy atom. The van der Waals surface area contributed by atoms with E-state index in [4.69, 9.17) is 10.5 Å². The standard InChI is InChI=1S/C16H26N4O/c1-2-11-21-15-13(7-6-10-18-15)12-19-16(17)20-14-8-4-3-5-9-14/h6-7,10,14H,2-5,8-9,11-12H2,1H3,(H3,17,19,20). The average molecular weight is 290 g/mol. The number of nitrogens with two attached hydrogens (primary N) is 1. The van der Waals surface area contributed by atoms with Crippen LogP contribution in [0.5, 0.6) is 5.88 Å². The quantitative estimate of drug-likeness (QED) is 0.624. The summed E-state index contributed by atoms with van der Waals surface area (Å²) in [6.07, 6.45) is 8.97. The minimum Gasteiger partial charge on any atom is -0.477 e. The summed E-state index contributed by atoms with van der Waals surface area (Å²) in [5.41, 5.74) is 6.95. The van der Waals surface area contributed by atoms with Crippen LogP contribution in [0.4, 0.5) is 0 Å². The Labute approximate surface area is 127 Å². The SMILES string of the molecule is CCCOc1ncccc1CN=C(N)NC1CCCCC1. The van der Waals surface area contributed by atoms with E-state index in [2.05, 4.69) is 22.2 Å². The van der Waals surface area contributed by atoms with Gasteiger partial charge in [0, 0.05) is 17.8 Å². The fourth-order valence-electron chi connectivity index (χ4n) is 2.55. The second-order valence-corrected chi connectivity index (χ2v) is 5.50. The minimum atomic E-state index is 0.479. The van der Waals surface area contributed by atoms with E-state index in [0.717, 1.165) is 12.0 Å². The van der Waals surface area contributed by atoms with Crippen LogP contribution in [0.15, 0.2) is 23.3 Å². The summed E-state index contributed by atoms with van der Waals surface area (Å²) in [6.45, 7) is 3.24. The van der Waals surface area contributed by atoms with Crippen molar-refractivity contribution < 1.29 is 4.74 Å². The molecule has 3 N–H and O–H groups in total. The van der Waals surface area contributed by atoms with Gasteiger partial charge in [-0.3, -0.25) is 0 Å². The largest absolute Gasteiger partial charge is 0.477 e. The van der Waals surface area contributed by atoms with Gasteiger partial charge in [-0.2, -0.15) is 0 Å². The molecular weight excluding hydrogens is 264 g/mol. The molecule has 2 rings (SSSR count). The van der Waals surface area contributed by atoms with Crippen LogP contribution in [0, 0.1) is 0 Å². The first-order valence-corrected chi connectivity index (χ1v) is 7.92. The first kappa shape index (κ1) is 15.6. The van der Waals surface area contributed by atoms with Gasteiger partial charge in [0.05, 0.1) is 13.2 Å². The minimum absolute atomic E-state index is 0.479. The summed E-state index contributed by atoms with van der Waals surface area (Å²) in [5.74, 6) is 1.18. The van der Waals surface area contributed by atoms with Gasteiger partial charge in [0.15, 0.2) is 5.96 Å². The van der Waals surface area contributed by atoms with Crippen LogP contribution < -0.4 is 15.8 Å². The Hall–Kier alpha value is -1.78. The lowest BCUT2D eigenvalue weighted by molar-refractivity contribution is 0.302. The molecule has 1 fully saturated rings. The van der Waals surface area contributed by atoms with Crippen LogP contribution in [0.3, 0.4) is 0 Å². The number of hydrogen-bond acceptors (Lipinski definition) is 3. The van der Waals surface area contributed by atoms with Crippen molar-refractivity contribution in [3.05, 3.63) is 23.9 Å². The van der Waals surface area contributed by atoms with Crippen molar-refractivity contribution in [2.45, 2.75) is 58.0 Å². The summed E-state index contributed by atoms with van der Waals surface area (Å²) in [5, 5.41) is 3.32. The molecule has 0 aromatic carbocycles. The van der Waals surface area contributed by atoms with E-state index < -0.39 is 0 Å². The van der Waals surface area contributed by atoms with E-state index in [1.165, 1.54) is 32.1 Å². The highest BCUT2D eigenvalue weighted by molar-refractivity contribution is 5.78. The van der Waals surface area contributed by atoms with Crippen molar-refractivity contribution >= 4 is 5.96 Å². The Morgan fingerprint density at radius 3 is 3.00 bits per heavy atom. The Morgan fingerprint density at radius 2 is 2.24 bits per heavy atom. The summed E-state index contributed by atoms with van der Waals surface area (Å²) < 4.78 is 5.63. The Bertz CT molecular complexity index is 455. The van der Waals surface area contributed by atoms with Crippen molar-refractivity contribution in [3.63, 3.8) is 0 Å². The summed E-state index contributed by atoms with van der Waals surface area (Å²) in [7, 11) is 0. The van der Waals surface area contributed by atoms with Gasteiger partial charge in [0.2, 0.25) is 5.88 Å². The van der Waals surface area contributed by atoms with E-state index in [9.17, 15) is 0 Å². The first-order valence-electron chi connectivity index (χ1n) is 7.92. The van der Waals surface area contributed by atoms with Crippen LogP contribution in [0.1, 0.15) is 51.0 Å². The van der Waals surface area contributed by atoms with Crippen LogP contribution in [-0.2, 0) is 6.54 Å². The predicted molar refractivity (Wildman–Crippen MR) is 85.4 cm³/mol. The molecule has 5 heteroatoms. The molecule has 0 atom stereocenters. The maximum absolute atomic E-state index is 5.98. The molecule has 0 aliphatic heterocycles. The Kier molecular flexibility index (Phi) is 6.31. The zero-order valence-electron chi connectivity index (χ0n) is 12.8. The van der Waals surface area contributed by atoms with Crippen molar-refractivity contribution in [2.75, 3.05) is 6.61 Å². The van der Waals surface area contributed by atoms with Gasteiger partial charge < -0.3 is 15.8 Å². The highest BCUT2D eigenvalue weighted by Crippen LogP contribution is 2.18. The number of aliphatic imine (C=N–C) groups is 1. The van der Waals surface area contributed by atoms with Crippen molar-refractivity contribution in [3.8, 4) is 5.88 Å². The van der Waals surface area contributed by atoms with E-state index in [0.29, 0.717) is 31.0 Å².